The van der Waals surface area contributed by atoms with Crippen molar-refractivity contribution < 1.29 is 18.8 Å². The summed E-state index contributed by atoms with van der Waals surface area (Å²) in [6.07, 6.45) is 1.13. The van der Waals surface area contributed by atoms with Crippen molar-refractivity contribution in [3.05, 3.63) is 94.3 Å². The molecule has 0 spiro atoms. The monoisotopic (exact) mass is 456 g/mol. The number of ketones is 1. The first-order valence-corrected chi connectivity index (χ1v) is 11.5. The summed E-state index contributed by atoms with van der Waals surface area (Å²) in [6.45, 7) is 2.93. The number of likely N-dealkylation sites (tertiary alicyclic amines) is 1. The molecule has 2 aliphatic rings. The van der Waals surface area contributed by atoms with Crippen LogP contribution in [0.3, 0.4) is 0 Å². The summed E-state index contributed by atoms with van der Waals surface area (Å²) in [5.41, 5.74) is 4.78. The van der Waals surface area contributed by atoms with Gasteiger partial charge in [0, 0.05) is 42.2 Å². The number of benzene rings is 3. The molecule has 0 unspecified atom stereocenters. The highest BCUT2D eigenvalue weighted by Crippen LogP contribution is 2.37. The highest BCUT2D eigenvalue weighted by atomic mass is 19.1. The highest BCUT2D eigenvalue weighted by molar-refractivity contribution is 6.22. The fraction of sp³-hybridized carbons (Fsp3) is 0.250. The number of hydrogen-bond acceptors (Lipinski definition) is 3. The van der Waals surface area contributed by atoms with Gasteiger partial charge in [0.05, 0.1) is 0 Å². The predicted molar refractivity (Wildman–Crippen MR) is 127 cm³/mol. The third kappa shape index (κ3) is 4.00. The minimum atomic E-state index is -0.282. The lowest BCUT2D eigenvalue weighted by molar-refractivity contribution is -0.126. The molecule has 3 aromatic carbocycles. The van der Waals surface area contributed by atoms with E-state index < -0.39 is 0 Å². The van der Waals surface area contributed by atoms with Crippen molar-refractivity contribution in [2.24, 2.45) is 5.92 Å². The quantitative estimate of drug-likeness (QED) is 0.491. The Morgan fingerprint density at radius 3 is 2.38 bits per heavy atom. The van der Waals surface area contributed by atoms with E-state index in [1.54, 1.807) is 36.1 Å². The molecule has 3 aromatic rings. The summed E-state index contributed by atoms with van der Waals surface area (Å²) in [6, 6.07) is 17.7. The molecule has 1 heterocycles. The van der Waals surface area contributed by atoms with E-state index in [4.69, 9.17) is 0 Å². The number of amides is 2. The normalized spacial score (nSPS) is 15.1. The van der Waals surface area contributed by atoms with Gasteiger partial charge in [-0.05, 0) is 60.2 Å². The van der Waals surface area contributed by atoms with E-state index >= 15 is 0 Å². The van der Waals surface area contributed by atoms with E-state index in [1.165, 1.54) is 6.07 Å². The Bertz CT molecular complexity index is 1310. The maximum atomic E-state index is 13.7. The van der Waals surface area contributed by atoms with Gasteiger partial charge in [-0.3, -0.25) is 14.4 Å². The van der Waals surface area contributed by atoms with Gasteiger partial charge in [-0.15, -0.1) is 0 Å². The van der Waals surface area contributed by atoms with Gasteiger partial charge in [-0.25, -0.2) is 4.39 Å². The molecule has 5 rings (SSSR count). The molecule has 5 nitrogen and oxygen atoms in total. The fourth-order valence-electron chi connectivity index (χ4n) is 4.77. The lowest BCUT2D eigenvalue weighted by Gasteiger charge is -2.31. The van der Waals surface area contributed by atoms with Gasteiger partial charge in [0.2, 0.25) is 5.91 Å². The Labute approximate surface area is 197 Å². The van der Waals surface area contributed by atoms with Gasteiger partial charge in [0.25, 0.3) is 5.91 Å². The molecule has 0 aromatic heterocycles. The second-order valence-electron chi connectivity index (χ2n) is 9.00. The van der Waals surface area contributed by atoms with Crippen molar-refractivity contribution in [1.82, 2.24) is 10.2 Å². The molecule has 0 atom stereocenters. The van der Waals surface area contributed by atoms with Gasteiger partial charge in [-0.2, -0.15) is 0 Å². The third-order valence-corrected chi connectivity index (χ3v) is 6.83. The van der Waals surface area contributed by atoms with Gasteiger partial charge >= 0.3 is 0 Å². The zero-order valence-electron chi connectivity index (χ0n) is 18.9. The molecule has 1 aliphatic carbocycles. The number of carbonyl (C=O) groups is 3. The minimum absolute atomic E-state index is 0.0518. The fourth-order valence-corrected chi connectivity index (χ4v) is 4.77. The predicted octanol–water partition coefficient (Wildman–Crippen LogP) is 4.51. The van der Waals surface area contributed by atoms with Crippen LogP contribution in [-0.2, 0) is 11.3 Å². The average molecular weight is 457 g/mol. The number of carbonyl (C=O) groups excluding carboxylic acids is 3. The molecular formula is C28H25FN2O3. The van der Waals surface area contributed by atoms with Crippen molar-refractivity contribution in [1.29, 1.82) is 0 Å². The highest BCUT2D eigenvalue weighted by Gasteiger charge is 2.30. The number of nitrogens with one attached hydrogen (secondary N) is 1. The summed E-state index contributed by atoms with van der Waals surface area (Å²) < 4.78 is 13.7. The molecule has 6 heteroatoms. The molecule has 0 saturated carbocycles. The molecule has 2 amide bonds. The Morgan fingerprint density at radius 2 is 1.65 bits per heavy atom. The van der Waals surface area contributed by atoms with E-state index in [1.807, 2.05) is 30.3 Å². The van der Waals surface area contributed by atoms with Crippen molar-refractivity contribution in [3.8, 4) is 11.1 Å². The van der Waals surface area contributed by atoms with Gasteiger partial charge in [-0.1, -0.05) is 42.5 Å². The van der Waals surface area contributed by atoms with Crippen LogP contribution in [0.15, 0.2) is 60.7 Å². The summed E-state index contributed by atoms with van der Waals surface area (Å²) in [7, 11) is 0. The van der Waals surface area contributed by atoms with Crippen LogP contribution in [0, 0.1) is 18.7 Å². The van der Waals surface area contributed by atoms with E-state index in [0.29, 0.717) is 48.2 Å². The number of hydrogen-bond donors (Lipinski definition) is 1. The van der Waals surface area contributed by atoms with Crippen LogP contribution >= 0.6 is 0 Å². The van der Waals surface area contributed by atoms with Crippen LogP contribution in [0.4, 0.5) is 4.39 Å². The lowest BCUT2D eigenvalue weighted by Crippen LogP contribution is -2.43. The zero-order chi connectivity index (χ0) is 23.8. The molecular weight excluding hydrogens is 431 g/mol. The topological polar surface area (TPSA) is 66.5 Å². The summed E-state index contributed by atoms with van der Waals surface area (Å²) >= 11 is 0. The largest absolute Gasteiger partial charge is 0.352 e. The average Bonchev–Trinajstić information content (AvgIpc) is 3.15. The van der Waals surface area contributed by atoms with E-state index in [9.17, 15) is 18.8 Å². The van der Waals surface area contributed by atoms with Crippen molar-refractivity contribution in [2.75, 3.05) is 13.1 Å². The first kappa shape index (κ1) is 22.0. The number of halogens is 1. The van der Waals surface area contributed by atoms with Crippen molar-refractivity contribution in [2.45, 2.75) is 26.3 Å². The second kappa shape index (κ2) is 8.86. The van der Waals surface area contributed by atoms with Crippen molar-refractivity contribution in [3.63, 3.8) is 0 Å². The molecule has 0 radical (unpaired) electrons. The van der Waals surface area contributed by atoms with Crippen molar-refractivity contribution >= 4 is 17.6 Å². The van der Waals surface area contributed by atoms with Crippen LogP contribution in [0.25, 0.3) is 11.1 Å². The molecule has 172 valence electrons. The van der Waals surface area contributed by atoms with Crippen LogP contribution in [0.2, 0.25) is 0 Å². The Hall–Kier alpha value is -3.80. The van der Waals surface area contributed by atoms with Crippen LogP contribution < -0.4 is 5.32 Å². The number of fused-ring (bicyclic) bond motifs is 3. The maximum Gasteiger partial charge on any atom is 0.253 e. The third-order valence-electron chi connectivity index (χ3n) is 6.83. The van der Waals surface area contributed by atoms with Gasteiger partial charge in [0.15, 0.2) is 5.78 Å². The van der Waals surface area contributed by atoms with E-state index in [2.05, 4.69) is 5.32 Å². The molecule has 34 heavy (non-hydrogen) atoms. The summed E-state index contributed by atoms with van der Waals surface area (Å²) in [5.74, 6) is -0.718. The smallest absolute Gasteiger partial charge is 0.253 e. The summed E-state index contributed by atoms with van der Waals surface area (Å²) in [4.78, 5) is 40.2. The Balaban J connectivity index is 1.19. The minimum Gasteiger partial charge on any atom is -0.352 e. The van der Waals surface area contributed by atoms with Crippen LogP contribution in [0.5, 0.6) is 0 Å². The molecule has 1 fully saturated rings. The first-order chi connectivity index (χ1) is 16.4. The molecule has 1 aliphatic heterocycles. The Kier molecular flexibility index (Phi) is 5.74. The zero-order valence-corrected chi connectivity index (χ0v) is 18.9. The number of piperidine rings is 1. The second-order valence-corrected chi connectivity index (χ2v) is 9.00. The molecule has 1 N–H and O–H groups in total. The lowest BCUT2D eigenvalue weighted by atomic mass is 9.95. The van der Waals surface area contributed by atoms with Crippen LogP contribution in [0.1, 0.15) is 50.2 Å². The number of nitrogens with zero attached hydrogens (tertiary/aromatic N) is 1. The standard InChI is InChI=1S/C28H25FN2O3/c1-17-6-7-18(14-25(17)29)16-30-27(33)19-10-12-31(13-11-19)28(34)20-8-9-22-21-4-2-3-5-23(21)26(32)24(22)15-20/h2-9,14-15,19H,10-13,16H2,1H3,(H,30,33). The number of rotatable bonds is 4. The maximum absolute atomic E-state index is 13.7. The molecule has 0 bridgehead atoms. The summed E-state index contributed by atoms with van der Waals surface area (Å²) in [5, 5.41) is 2.89. The van der Waals surface area contributed by atoms with Gasteiger partial charge in [0.1, 0.15) is 5.82 Å². The van der Waals surface area contributed by atoms with E-state index in [0.717, 1.165) is 16.7 Å². The Morgan fingerprint density at radius 1 is 0.941 bits per heavy atom. The van der Waals surface area contributed by atoms with E-state index in [-0.39, 0.29) is 35.9 Å². The molecule has 1 saturated heterocycles. The first-order valence-electron chi connectivity index (χ1n) is 11.5. The van der Waals surface area contributed by atoms with Crippen LogP contribution in [-0.4, -0.2) is 35.6 Å². The SMILES string of the molecule is Cc1ccc(CNC(=O)C2CCN(C(=O)c3ccc4c(c3)C(=O)c3ccccc3-4)CC2)cc1F. The van der Waals surface area contributed by atoms with Gasteiger partial charge < -0.3 is 10.2 Å². The number of aryl methyl sites for hydroxylation is 1.